The fourth-order valence-electron chi connectivity index (χ4n) is 3.32. The van der Waals surface area contributed by atoms with E-state index in [0.29, 0.717) is 6.04 Å². The summed E-state index contributed by atoms with van der Waals surface area (Å²) in [4.78, 5) is 2.54. The zero-order valence-electron chi connectivity index (χ0n) is 10.3. The standard InChI is InChI=1S/C14H17N3S/c1-2-6-12-11(5-1)14(18-16-12)17-8-10-4-3-7-15-13(10)9-17/h1-2,5-6,10,13,15H,3-4,7-9H2/t10-,13+/m0/s1. The van der Waals surface area contributed by atoms with Crippen molar-refractivity contribution in [3.8, 4) is 0 Å². The van der Waals surface area contributed by atoms with Crippen LogP contribution in [-0.4, -0.2) is 30.0 Å². The molecule has 2 aliphatic heterocycles. The van der Waals surface area contributed by atoms with Gasteiger partial charge in [-0.25, -0.2) is 0 Å². The molecule has 18 heavy (non-hydrogen) atoms. The Kier molecular flexibility index (Phi) is 2.52. The maximum Gasteiger partial charge on any atom is 0.120 e. The minimum atomic E-state index is 0.694. The smallest absolute Gasteiger partial charge is 0.120 e. The van der Waals surface area contributed by atoms with Gasteiger partial charge in [0.1, 0.15) is 5.00 Å². The Morgan fingerprint density at radius 2 is 2.22 bits per heavy atom. The molecule has 0 amide bonds. The van der Waals surface area contributed by atoms with E-state index < -0.39 is 0 Å². The monoisotopic (exact) mass is 259 g/mol. The summed E-state index contributed by atoms with van der Waals surface area (Å²) in [5.41, 5.74) is 1.14. The first-order valence-corrected chi connectivity index (χ1v) is 7.52. The van der Waals surface area contributed by atoms with Crippen molar-refractivity contribution in [1.29, 1.82) is 0 Å². The molecule has 2 fully saturated rings. The Hall–Kier alpha value is -1.13. The first kappa shape index (κ1) is 10.8. The van der Waals surface area contributed by atoms with Crippen LogP contribution in [0, 0.1) is 5.92 Å². The van der Waals surface area contributed by atoms with Crippen molar-refractivity contribution in [2.75, 3.05) is 24.5 Å². The third-order valence-corrected chi connectivity index (χ3v) is 5.19. The zero-order valence-corrected chi connectivity index (χ0v) is 11.1. The predicted octanol–water partition coefficient (Wildman–Crippen LogP) is 2.48. The third kappa shape index (κ3) is 1.63. The molecule has 4 heteroatoms. The Morgan fingerprint density at radius 3 is 3.17 bits per heavy atom. The van der Waals surface area contributed by atoms with Crippen molar-refractivity contribution >= 4 is 27.4 Å². The number of piperidine rings is 1. The number of benzene rings is 1. The predicted molar refractivity (Wildman–Crippen MR) is 76.3 cm³/mol. The summed E-state index contributed by atoms with van der Waals surface area (Å²) in [6.07, 6.45) is 2.71. The van der Waals surface area contributed by atoms with E-state index in [4.69, 9.17) is 0 Å². The van der Waals surface area contributed by atoms with E-state index in [1.807, 2.05) is 0 Å². The van der Waals surface area contributed by atoms with Gasteiger partial charge in [0, 0.05) is 24.5 Å². The molecule has 1 N–H and O–H groups in total. The van der Waals surface area contributed by atoms with Crippen LogP contribution >= 0.6 is 11.5 Å². The number of nitrogens with zero attached hydrogens (tertiary/aromatic N) is 2. The Balaban J connectivity index is 1.67. The normalized spacial score (nSPS) is 27.7. The average molecular weight is 259 g/mol. The molecule has 4 rings (SSSR count). The van der Waals surface area contributed by atoms with Crippen molar-refractivity contribution in [3.05, 3.63) is 24.3 Å². The van der Waals surface area contributed by atoms with Crippen LogP contribution in [0.15, 0.2) is 24.3 Å². The highest BCUT2D eigenvalue weighted by atomic mass is 32.1. The van der Waals surface area contributed by atoms with Gasteiger partial charge in [0.05, 0.1) is 5.52 Å². The Bertz CT molecular complexity index is 551. The molecule has 2 saturated heterocycles. The van der Waals surface area contributed by atoms with Crippen LogP contribution < -0.4 is 10.2 Å². The summed E-state index contributed by atoms with van der Waals surface area (Å²) in [5, 5.41) is 6.35. The van der Waals surface area contributed by atoms with Crippen molar-refractivity contribution in [2.24, 2.45) is 5.92 Å². The fraction of sp³-hybridized carbons (Fsp3) is 0.500. The van der Waals surface area contributed by atoms with Crippen LogP contribution in [0.4, 0.5) is 5.00 Å². The molecule has 0 spiro atoms. The molecule has 1 aromatic heterocycles. The molecule has 0 aliphatic carbocycles. The quantitative estimate of drug-likeness (QED) is 0.853. The largest absolute Gasteiger partial charge is 0.360 e. The fourth-order valence-corrected chi connectivity index (χ4v) is 4.20. The SMILES string of the molecule is c1ccc2c(N3C[C@@H]4CCCN[C@@H]4C3)snc2c1. The number of hydrogen-bond donors (Lipinski definition) is 1. The third-order valence-electron chi connectivity index (χ3n) is 4.25. The summed E-state index contributed by atoms with van der Waals surface area (Å²) in [6.45, 7) is 3.54. The molecule has 0 radical (unpaired) electrons. The number of fused-ring (bicyclic) bond motifs is 2. The number of hydrogen-bond acceptors (Lipinski definition) is 4. The molecule has 2 aliphatic rings. The number of nitrogens with one attached hydrogen (secondary N) is 1. The number of rotatable bonds is 1. The molecule has 94 valence electrons. The van der Waals surface area contributed by atoms with E-state index >= 15 is 0 Å². The second-order valence-corrected chi connectivity index (χ2v) is 6.12. The molecule has 2 atom stereocenters. The van der Waals surface area contributed by atoms with Gasteiger partial charge in [-0.3, -0.25) is 0 Å². The van der Waals surface area contributed by atoms with Gasteiger partial charge in [-0.15, -0.1) is 0 Å². The Labute approximate surface area is 111 Å². The van der Waals surface area contributed by atoms with Gasteiger partial charge in [0.25, 0.3) is 0 Å². The summed E-state index contributed by atoms with van der Waals surface area (Å²) < 4.78 is 4.56. The molecular formula is C14H17N3S. The van der Waals surface area contributed by atoms with Gasteiger partial charge in [0.2, 0.25) is 0 Å². The highest BCUT2D eigenvalue weighted by molar-refractivity contribution is 7.11. The molecule has 3 nitrogen and oxygen atoms in total. The second-order valence-electron chi connectivity index (χ2n) is 5.37. The lowest BCUT2D eigenvalue weighted by atomic mass is 9.94. The van der Waals surface area contributed by atoms with Crippen LogP contribution in [0.2, 0.25) is 0 Å². The van der Waals surface area contributed by atoms with E-state index in [1.54, 1.807) is 11.5 Å². The van der Waals surface area contributed by atoms with Crippen LogP contribution in [0.3, 0.4) is 0 Å². The van der Waals surface area contributed by atoms with Crippen LogP contribution in [0.1, 0.15) is 12.8 Å². The first-order valence-electron chi connectivity index (χ1n) is 6.74. The topological polar surface area (TPSA) is 28.2 Å². The van der Waals surface area contributed by atoms with E-state index in [-0.39, 0.29) is 0 Å². The highest BCUT2D eigenvalue weighted by Gasteiger charge is 2.35. The van der Waals surface area contributed by atoms with Gasteiger partial charge in [0.15, 0.2) is 0 Å². The molecule has 1 aromatic carbocycles. The average Bonchev–Trinajstić information content (AvgIpc) is 3.02. The molecule has 0 unspecified atom stereocenters. The van der Waals surface area contributed by atoms with E-state index in [9.17, 15) is 0 Å². The van der Waals surface area contributed by atoms with Crippen molar-refractivity contribution < 1.29 is 0 Å². The highest BCUT2D eigenvalue weighted by Crippen LogP contribution is 2.36. The van der Waals surface area contributed by atoms with E-state index in [0.717, 1.165) is 18.0 Å². The molecule has 3 heterocycles. The van der Waals surface area contributed by atoms with Gasteiger partial charge < -0.3 is 10.2 Å². The van der Waals surface area contributed by atoms with Crippen molar-refractivity contribution in [3.63, 3.8) is 0 Å². The van der Waals surface area contributed by atoms with Gasteiger partial charge >= 0.3 is 0 Å². The van der Waals surface area contributed by atoms with Gasteiger partial charge in [-0.05, 0) is 49.0 Å². The Morgan fingerprint density at radius 1 is 1.28 bits per heavy atom. The lowest BCUT2D eigenvalue weighted by molar-refractivity contribution is 0.340. The molecular weight excluding hydrogens is 242 g/mol. The second kappa shape index (κ2) is 4.21. The lowest BCUT2D eigenvalue weighted by Crippen LogP contribution is -2.40. The van der Waals surface area contributed by atoms with E-state index in [2.05, 4.69) is 38.9 Å². The van der Waals surface area contributed by atoms with Crippen LogP contribution in [0.25, 0.3) is 10.9 Å². The van der Waals surface area contributed by atoms with Crippen LogP contribution in [0.5, 0.6) is 0 Å². The maximum atomic E-state index is 4.56. The minimum absolute atomic E-state index is 0.694. The van der Waals surface area contributed by atoms with Crippen molar-refractivity contribution in [1.82, 2.24) is 9.69 Å². The van der Waals surface area contributed by atoms with E-state index in [1.165, 1.54) is 36.3 Å². The lowest BCUT2D eigenvalue weighted by Gasteiger charge is -2.24. The molecule has 2 aromatic rings. The van der Waals surface area contributed by atoms with Gasteiger partial charge in [-0.2, -0.15) is 4.37 Å². The summed E-state index contributed by atoms with van der Waals surface area (Å²) >= 11 is 1.65. The summed E-state index contributed by atoms with van der Waals surface area (Å²) in [5.74, 6) is 0.833. The summed E-state index contributed by atoms with van der Waals surface area (Å²) in [6, 6.07) is 9.18. The molecule has 0 saturated carbocycles. The first-order chi connectivity index (χ1) is 8.92. The molecule has 0 bridgehead atoms. The van der Waals surface area contributed by atoms with Crippen LogP contribution in [-0.2, 0) is 0 Å². The number of anilines is 1. The maximum absolute atomic E-state index is 4.56. The van der Waals surface area contributed by atoms with Crippen molar-refractivity contribution in [2.45, 2.75) is 18.9 Å². The van der Waals surface area contributed by atoms with Gasteiger partial charge in [-0.1, -0.05) is 12.1 Å². The number of aromatic nitrogens is 1. The minimum Gasteiger partial charge on any atom is -0.360 e. The summed E-state index contributed by atoms with van der Waals surface area (Å²) in [7, 11) is 0. The zero-order chi connectivity index (χ0) is 11.9.